The number of nitrogens with zero attached hydrogens (tertiary/aromatic N) is 2. The van der Waals surface area contributed by atoms with E-state index in [2.05, 4.69) is 10.4 Å². The van der Waals surface area contributed by atoms with Crippen molar-refractivity contribution in [2.45, 2.75) is 38.5 Å². The van der Waals surface area contributed by atoms with E-state index in [9.17, 15) is 9.00 Å². The van der Waals surface area contributed by atoms with E-state index >= 15 is 0 Å². The minimum absolute atomic E-state index is 0.0263. The van der Waals surface area contributed by atoms with Crippen LogP contribution in [0.2, 0.25) is 5.02 Å². The highest BCUT2D eigenvalue weighted by Gasteiger charge is 2.11. The average Bonchev–Trinajstić information content (AvgIpc) is 2.33. The molecule has 0 spiro atoms. The van der Waals surface area contributed by atoms with Gasteiger partial charge in [-0.25, -0.2) is 4.68 Å². The van der Waals surface area contributed by atoms with Crippen molar-refractivity contribution in [2.24, 2.45) is 0 Å². The largest absolute Gasteiger partial charge is 0.382 e. The number of hydrogen-bond donors (Lipinski definition) is 1. The van der Waals surface area contributed by atoms with Crippen LogP contribution in [0.25, 0.3) is 0 Å². The molecule has 19 heavy (non-hydrogen) atoms. The summed E-state index contributed by atoms with van der Waals surface area (Å²) in [5.41, 5.74) is 0.228. The summed E-state index contributed by atoms with van der Waals surface area (Å²) in [4.78, 5) is 11.9. The lowest BCUT2D eigenvalue weighted by atomic mass is 10.3. The van der Waals surface area contributed by atoms with Gasteiger partial charge in [0.05, 0.1) is 17.9 Å². The molecule has 0 amide bonds. The molecule has 1 aromatic heterocycles. The van der Waals surface area contributed by atoms with Crippen LogP contribution in [0.15, 0.2) is 11.0 Å². The first kappa shape index (κ1) is 16.2. The number of halogens is 1. The SMILES string of the molecule is CC(C)n1ncc(NCCC(C)S(C)=O)c(Cl)c1=O. The highest BCUT2D eigenvalue weighted by Crippen LogP contribution is 2.16. The number of anilines is 1. The van der Waals surface area contributed by atoms with Crippen molar-refractivity contribution in [3.63, 3.8) is 0 Å². The second-order valence-corrected chi connectivity index (χ2v) is 6.92. The van der Waals surface area contributed by atoms with Gasteiger partial charge in [-0.05, 0) is 20.3 Å². The molecule has 2 atom stereocenters. The van der Waals surface area contributed by atoms with Gasteiger partial charge in [0.25, 0.3) is 5.56 Å². The van der Waals surface area contributed by atoms with E-state index in [1.165, 1.54) is 4.68 Å². The zero-order chi connectivity index (χ0) is 14.6. The molecule has 0 aliphatic rings. The van der Waals surface area contributed by atoms with E-state index < -0.39 is 10.8 Å². The highest BCUT2D eigenvalue weighted by molar-refractivity contribution is 7.84. The second-order valence-electron chi connectivity index (χ2n) is 4.74. The van der Waals surface area contributed by atoms with Crippen molar-refractivity contribution in [3.05, 3.63) is 21.6 Å². The lowest BCUT2D eigenvalue weighted by molar-refractivity contribution is 0.503. The molecule has 0 fully saturated rings. The van der Waals surface area contributed by atoms with Gasteiger partial charge in [-0.3, -0.25) is 9.00 Å². The standard InChI is InChI=1S/C12H20ClN3O2S/c1-8(2)16-12(17)11(13)10(7-15-16)14-6-5-9(3)19(4)18/h7-9,14H,5-6H2,1-4H3. The predicted octanol–water partition coefficient (Wildman–Crippen LogP) is 2.05. The van der Waals surface area contributed by atoms with Gasteiger partial charge in [0, 0.05) is 28.9 Å². The van der Waals surface area contributed by atoms with Gasteiger partial charge in [-0.15, -0.1) is 0 Å². The maximum atomic E-state index is 11.9. The van der Waals surface area contributed by atoms with E-state index in [1.54, 1.807) is 12.5 Å². The van der Waals surface area contributed by atoms with Crippen molar-refractivity contribution in [1.82, 2.24) is 9.78 Å². The molecule has 1 aromatic rings. The summed E-state index contributed by atoms with van der Waals surface area (Å²) >= 11 is 6.02. The second kappa shape index (κ2) is 7.05. The lowest BCUT2D eigenvalue weighted by Gasteiger charge is -2.13. The summed E-state index contributed by atoms with van der Waals surface area (Å²) in [5.74, 6) is 0. The molecule has 1 N–H and O–H groups in total. The molecular formula is C12H20ClN3O2S. The van der Waals surface area contributed by atoms with Crippen LogP contribution in [0.1, 0.15) is 33.2 Å². The fourth-order valence-corrected chi connectivity index (χ4v) is 2.16. The van der Waals surface area contributed by atoms with Crippen LogP contribution in [0.4, 0.5) is 5.69 Å². The Kier molecular flexibility index (Phi) is 6.00. The summed E-state index contributed by atoms with van der Waals surface area (Å²) in [6, 6.07) is -0.0263. The Morgan fingerprint density at radius 3 is 2.63 bits per heavy atom. The minimum Gasteiger partial charge on any atom is -0.382 e. The topological polar surface area (TPSA) is 64.0 Å². The van der Waals surface area contributed by atoms with Crippen LogP contribution in [0.3, 0.4) is 0 Å². The molecule has 0 aromatic carbocycles. The Morgan fingerprint density at radius 2 is 2.11 bits per heavy atom. The summed E-state index contributed by atoms with van der Waals surface area (Å²) in [6.07, 6.45) is 3.98. The molecular weight excluding hydrogens is 286 g/mol. The molecule has 1 rings (SSSR count). The fourth-order valence-electron chi connectivity index (χ4n) is 1.51. The monoisotopic (exact) mass is 305 g/mol. The van der Waals surface area contributed by atoms with Gasteiger partial charge < -0.3 is 5.32 Å². The zero-order valence-corrected chi connectivity index (χ0v) is 13.2. The summed E-state index contributed by atoms with van der Waals surface area (Å²) in [5, 5.41) is 7.39. The molecule has 0 aliphatic carbocycles. The lowest BCUT2D eigenvalue weighted by Crippen LogP contribution is -2.26. The maximum absolute atomic E-state index is 11.9. The summed E-state index contributed by atoms with van der Waals surface area (Å²) < 4.78 is 12.6. The molecule has 2 unspecified atom stereocenters. The Labute approximate surface area is 120 Å². The highest BCUT2D eigenvalue weighted by atomic mass is 35.5. The normalized spacial score (nSPS) is 14.4. The van der Waals surface area contributed by atoms with Gasteiger partial charge in [0.15, 0.2) is 0 Å². The smallest absolute Gasteiger partial charge is 0.287 e. The van der Waals surface area contributed by atoms with Crippen LogP contribution in [-0.2, 0) is 10.8 Å². The van der Waals surface area contributed by atoms with Crippen molar-refractivity contribution < 1.29 is 4.21 Å². The van der Waals surface area contributed by atoms with Crippen LogP contribution in [0.5, 0.6) is 0 Å². The third-order valence-corrected chi connectivity index (χ3v) is 4.60. The quantitative estimate of drug-likeness (QED) is 0.873. The van der Waals surface area contributed by atoms with Gasteiger partial charge in [0.1, 0.15) is 5.02 Å². The van der Waals surface area contributed by atoms with E-state index in [-0.39, 0.29) is 21.9 Å². The molecule has 1 heterocycles. The molecule has 0 saturated heterocycles. The first-order valence-corrected chi connectivity index (χ1v) is 8.18. The van der Waals surface area contributed by atoms with E-state index in [0.29, 0.717) is 12.2 Å². The Morgan fingerprint density at radius 1 is 1.47 bits per heavy atom. The molecule has 7 heteroatoms. The van der Waals surface area contributed by atoms with Gasteiger partial charge in [-0.2, -0.15) is 5.10 Å². The van der Waals surface area contributed by atoms with Crippen LogP contribution in [-0.4, -0.2) is 32.0 Å². The number of nitrogens with one attached hydrogen (secondary N) is 1. The Hall–Kier alpha value is -0.880. The molecule has 5 nitrogen and oxygen atoms in total. The Balaban J connectivity index is 2.73. The molecule has 0 bridgehead atoms. The third kappa shape index (κ3) is 4.31. The van der Waals surface area contributed by atoms with Gasteiger partial charge in [-0.1, -0.05) is 18.5 Å². The number of rotatable bonds is 6. The first-order chi connectivity index (χ1) is 8.84. The van der Waals surface area contributed by atoms with E-state index in [4.69, 9.17) is 11.6 Å². The van der Waals surface area contributed by atoms with E-state index in [1.807, 2.05) is 20.8 Å². The summed E-state index contributed by atoms with van der Waals surface area (Å²) in [6.45, 7) is 6.27. The predicted molar refractivity (Wildman–Crippen MR) is 80.5 cm³/mol. The zero-order valence-electron chi connectivity index (χ0n) is 11.6. The molecule has 0 saturated carbocycles. The van der Waals surface area contributed by atoms with Crippen molar-refractivity contribution >= 4 is 28.1 Å². The fraction of sp³-hybridized carbons (Fsp3) is 0.667. The molecule has 0 radical (unpaired) electrons. The molecule has 108 valence electrons. The maximum Gasteiger partial charge on any atom is 0.287 e. The summed E-state index contributed by atoms with van der Waals surface area (Å²) in [7, 11) is -0.842. The van der Waals surface area contributed by atoms with Crippen molar-refractivity contribution in [2.75, 3.05) is 18.1 Å². The minimum atomic E-state index is -0.842. The molecule has 0 aliphatic heterocycles. The van der Waals surface area contributed by atoms with Crippen molar-refractivity contribution in [3.8, 4) is 0 Å². The number of hydrogen-bond acceptors (Lipinski definition) is 4. The first-order valence-electron chi connectivity index (χ1n) is 6.18. The van der Waals surface area contributed by atoms with Crippen LogP contribution >= 0.6 is 11.6 Å². The van der Waals surface area contributed by atoms with Crippen LogP contribution in [0, 0.1) is 0 Å². The third-order valence-electron chi connectivity index (χ3n) is 2.87. The Bertz CT molecular complexity index is 516. The average molecular weight is 306 g/mol. The van der Waals surface area contributed by atoms with Gasteiger partial charge >= 0.3 is 0 Å². The van der Waals surface area contributed by atoms with Gasteiger partial charge in [0.2, 0.25) is 0 Å². The van der Waals surface area contributed by atoms with Crippen LogP contribution < -0.4 is 10.9 Å². The van der Waals surface area contributed by atoms with Crippen molar-refractivity contribution in [1.29, 1.82) is 0 Å². The van der Waals surface area contributed by atoms with E-state index in [0.717, 1.165) is 6.42 Å². The number of aromatic nitrogens is 2.